The summed E-state index contributed by atoms with van der Waals surface area (Å²) in [6.07, 6.45) is 3.83. The molecule has 1 aliphatic carbocycles. The van der Waals surface area contributed by atoms with Crippen molar-refractivity contribution in [2.75, 3.05) is 40.4 Å². The lowest BCUT2D eigenvalue weighted by atomic mass is 9.67. The number of hydrazone groups is 1. The molecule has 6 bridgehead atoms. The number of hydrogen-bond acceptors (Lipinski definition) is 10. The number of ether oxygens (including phenoxy) is 2. The molecule has 0 spiro atoms. The van der Waals surface area contributed by atoms with E-state index in [9.17, 15) is 24.0 Å². The van der Waals surface area contributed by atoms with Crippen LogP contribution in [0.5, 0.6) is 0 Å². The van der Waals surface area contributed by atoms with Gasteiger partial charge in [-0.25, -0.2) is 9.80 Å². The highest BCUT2D eigenvalue weighted by Crippen LogP contribution is 2.57. The minimum absolute atomic E-state index is 0.0321. The van der Waals surface area contributed by atoms with Crippen LogP contribution in [0.25, 0.3) is 33.4 Å². The van der Waals surface area contributed by atoms with Gasteiger partial charge in [0.2, 0.25) is 23.3 Å². The molecule has 64 heavy (non-hydrogen) atoms. The largest absolute Gasteiger partial charge is 0.461 e. The molecule has 16 heteroatoms. The van der Waals surface area contributed by atoms with Crippen LogP contribution in [0.3, 0.4) is 0 Å². The van der Waals surface area contributed by atoms with Crippen molar-refractivity contribution in [3.63, 3.8) is 0 Å². The SMILES string of the molecule is C=CC(=O)N1CC[C@H](C(=O)N(C)[C@H](C(=O)N[Si]2Cc3cccc(n3)-c3ccc4c(c3)c3c(n4CC)-c4cccnc4[C@@H](OC)C3C(C)(C)COC(=O)C3=NN(CCC3)C2=O)C(C)C)C1. The molecule has 4 atom stereocenters. The van der Waals surface area contributed by atoms with E-state index in [0.717, 1.165) is 39.0 Å². The maximum atomic E-state index is 14.7. The van der Waals surface area contributed by atoms with E-state index in [1.54, 1.807) is 25.3 Å². The predicted octanol–water partition coefficient (Wildman–Crippen LogP) is 6.01. The number of likely N-dealkylation sites (tertiary alicyclic amines) is 1. The van der Waals surface area contributed by atoms with Crippen LogP contribution in [0, 0.1) is 17.3 Å². The second-order valence-electron chi connectivity index (χ2n) is 18.2. The molecule has 0 saturated carbocycles. The first-order valence-electron chi connectivity index (χ1n) is 22.2. The quantitative estimate of drug-likeness (QED) is 0.127. The van der Waals surface area contributed by atoms with E-state index in [0.29, 0.717) is 43.7 Å². The molecule has 4 aliphatic rings. The zero-order valence-corrected chi connectivity index (χ0v) is 38.7. The van der Waals surface area contributed by atoms with Crippen LogP contribution in [0.4, 0.5) is 4.79 Å². The van der Waals surface area contributed by atoms with Crippen molar-refractivity contribution in [3.8, 4) is 22.5 Å². The van der Waals surface area contributed by atoms with Gasteiger partial charge in [-0.2, -0.15) is 5.10 Å². The van der Waals surface area contributed by atoms with Crippen molar-refractivity contribution < 1.29 is 33.4 Å². The minimum atomic E-state index is -2.56. The summed E-state index contributed by atoms with van der Waals surface area (Å²) >= 11 is 0. The van der Waals surface area contributed by atoms with Gasteiger partial charge in [-0.3, -0.25) is 29.1 Å². The molecule has 3 aromatic heterocycles. The molecular formula is C48H57N8O7Si. The summed E-state index contributed by atoms with van der Waals surface area (Å²) in [5.41, 5.74) is 6.20. The number of esters is 1. The number of hydrogen-bond donors (Lipinski definition) is 1. The van der Waals surface area contributed by atoms with Crippen LogP contribution in [0.2, 0.25) is 0 Å². The number of likely N-dealkylation sites (N-methyl/N-ethyl adjacent to an activating group) is 1. The maximum Gasteiger partial charge on any atom is 0.354 e. The van der Waals surface area contributed by atoms with Gasteiger partial charge in [-0.05, 0) is 73.7 Å². The Bertz CT molecular complexity index is 2570. The third-order valence-electron chi connectivity index (χ3n) is 13.2. The van der Waals surface area contributed by atoms with Gasteiger partial charge in [0.25, 0.3) is 8.96 Å². The van der Waals surface area contributed by atoms with E-state index in [4.69, 9.17) is 19.4 Å². The van der Waals surface area contributed by atoms with Crippen molar-refractivity contribution in [3.05, 3.63) is 84.3 Å². The number of fused-ring (bicyclic) bond motifs is 7. The first-order chi connectivity index (χ1) is 30.7. The van der Waals surface area contributed by atoms with E-state index in [-0.39, 0.29) is 55.1 Å². The fourth-order valence-electron chi connectivity index (χ4n) is 10.1. The zero-order valence-electron chi connectivity index (χ0n) is 37.7. The number of carbonyl (C=O) groups is 5. The molecule has 1 saturated heterocycles. The highest BCUT2D eigenvalue weighted by atomic mass is 28.3. The number of aryl methyl sites for hydroxylation is 1. The van der Waals surface area contributed by atoms with Crippen LogP contribution >= 0.6 is 0 Å². The molecular weight excluding hydrogens is 829 g/mol. The Balaban J connectivity index is 1.21. The van der Waals surface area contributed by atoms with Gasteiger partial charge in [0.15, 0.2) is 0 Å². The van der Waals surface area contributed by atoms with Gasteiger partial charge in [-0.1, -0.05) is 46.4 Å². The fraction of sp³-hybridized carbons (Fsp3) is 0.458. The van der Waals surface area contributed by atoms with Gasteiger partial charge in [0.1, 0.15) is 17.9 Å². The molecule has 1 unspecified atom stereocenters. The van der Waals surface area contributed by atoms with Crippen LogP contribution in [-0.4, -0.2) is 120 Å². The standard InChI is InChI=1S/C48H57N8O7Si/c1-9-37(57)54-23-20-30(25-54)45(59)53(7)41(28(3)4)44(58)52-64-26-31-14-11-16-34(50-31)29-18-19-36-33(24-29)38-39(43(62-8)40-32(15-12-21-49-40)42(38)55(36)10-2)48(5,6)27-63-46(60)35-17-13-22-56(51-35)47(64)61/h9,11-12,14-16,18-19,21,24,28,30,39,41,43H,1,10,13,17,20,22-23,25-27H2,2-8H3,(H,52,58)/t30-,39?,41-,43-/m0/s1. The number of carbonyl (C=O) groups excluding carboxylic acids is 5. The van der Waals surface area contributed by atoms with Gasteiger partial charge in [0.05, 0.1) is 29.6 Å². The monoisotopic (exact) mass is 885 g/mol. The number of amides is 4. The van der Waals surface area contributed by atoms with E-state index >= 15 is 0 Å². The summed E-state index contributed by atoms with van der Waals surface area (Å²) in [4.78, 5) is 85.5. The van der Waals surface area contributed by atoms with E-state index < -0.39 is 49.8 Å². The van der Waals surface area contributed by atoms with Crippen LogP contribution < -0.4 is 4.98 Å². The predicted molar refractivity (Wildman–Crippen MR) is 244 cm³/mol. The summed E-state index contributed by atoms with van der Waals surface area (Å²) in [5.74, 6) is -2.65. The number of nitrogens with one attached hydrogen (secondary N) is 1. The van der Waals surface area contributed by atoms with Crippen molar-refractivity contribution in [1.29, 1.82) is 0 Å². The second kappa shape index (κ2) is 17.9. The summed E-state index contributed by atoms with van der Waals surface area (Å²) < 4.78 is 14.8. The number of nitrogens with zero attached hydrogens (tertiary/aromatic N) is 7. The Labute approximate surface area is 375 Å². The molecule has 1 N–H and O–H groups in total. The molecule has 1 aromatic carbocycles. The molecule has 4 amide bonds. The first kappa shape index (κ1) is 44.6. The fourth-order valence-corrected chi connectivity index (χ4v) is 12.0. The molecule has 15 nitrogen and oxygen atoms in total. The Kier molecular flexibility index (Phi) is 12.5. The lowest BCUT2D eigenvalue weighted by Gasteiger charge is -2.42. The summed E-state index contributed by atoms with van der Waals surface area (Å²) in [6.45, 7) is 15.2. The molecule has 1 radical (unpaired) electrons. The zero-order chi connectivity index (χ0) is 45.6. The lowest BCUT2D eigenvalue weighted by molar-refractivity contribution is -0.143. The molecule has 6 heterocycles. The average Bonchev–Trinajstić information content (AvgIpc) is 3.92. The second-order valence-corrected chi connectivity index (χ2v) is 20.2. The third-order valence-corrected chi connectivity index (χ3v) is 15.3. The van der Waals surface area contributed by atoms with Gasteiger partial charge >= 0.3 is 5.97 Å². The highest BCUT2D eigenvalue weighted by molar-refractivity contribution is 6.88. The van der Waals surface area contributed by atoms with E-state index in [1.165, 1.54) is 16.0 Å². The van der Waals surface area contributed by atoms with Gasteiger partial charge in [-0.15, -0.1) is 0 Å². The maximum absolute atomic E-state index is 14.7. The van der Waals surface area contributed by atoms with Crippen molar-refractivity contribution >= 4 is 54.8 Å². The summed E-state index contributed by atoms with van der Waals surface area (Å²) in [6, 6.07) is 15.3. The Morgan fingerprint density at radius 1 is 1.12 bits per heavy atom. The minimum Gasteiger partial charge on any atom is -0.461 e. The molecule has 8 rings (SSSR count). The van der Waals surface area contributed by atoms with Crippen molar-refractivity contribution in [2.24, 2.45) is 22.4 Å². The van der Waals surface area contributed by atoms with Crippen LogP contribution in [0.1, 0.15) is 82.9 Å². The Morgan fingerprint density at radius 2 is 1.92 bits per heavy atom. The highest BCUT2D eigenvalue weighted by Gasteiger charge is 2.48. The van der Waals surface area contributed by atoms with Gasteiger partial charge < -0.3 is 28.8 Å². The molecule has 3 aliphatic heterocycles. The smallest absolute Gasteiger partial charge is 0.354 e. The topological polar surface area (TPSA) is 169 Å². The third kappa shape index (κ3) is 8.06. The number of benzene rings is 1. The first-order valence-corrected chi connectivity index (χ1v) is 23.9. The number of aromatic nitrogens is 3. The normalized spacial score (nSPS) is 21.4. The molecule has 1 fully saturated rings. The average molecular weight is 886 g/mol. The van der Waals surface area contributed by atoms with E-state index in [2.05, 4.69) is 66.3 Å². The number of cyclic esters (lactones) is 1. The van der Waals surface area contributed by atoms with Crippen LogP contribution in [-0.2, 0) is 41.2 Å². The summed E-state index contributed by atoms with van der Waals surface area (Å²) in [5, 5.41) is 6.91. The van der Waals surface area contributed by atoms with Crippen LogP contribution in [0.15, 0.2) is 72.5 Å². The van der Waals surface area contributed by atoms with E-state index in [1.807, 2.05) is 38.1 Å². The number of methoxy groups -OCH3 is 1. The summed E-state index contributed by atoms with van der Waals surface area (Å²) in [7, 11) is 0.734. The lowest BCUT2D eigenvalue weighted by Crippen LogP contribution is -2.59. The number of rotatable bonds is 8. The Morgan fingerprint density at radius 3 is 2.66 bits per heavy atom. The van der Waals surface area contributed by atoms with Crippen molar-refractivity contribution in [1.82, 2.24) is 34.3 Å². The molecule has 335 valence electrons. The molecule has 4 aromatic rings. The Hall–Kier alpha value is -6.00. The van der Waals surface area contributed by atoms with Gasteiger partial charge in [0, 0.05) is 98.1 Å². The van der Waals surface area contributed by atoms with Crippen molar-refractivity contribution in [2.45, 2.75) is 84.5 Å². The number of pyridine rings is 2.